The minimum Gasteiger partial charge on any atom is -0.395 e. The molecule has 0 saturated carbocycles. The van der Waals surface area contributed by atoms with Crippen LogP contribution in [-0.2, 0) is 0 Å². The number of pyridine rings is 1. The van der Waals surface area contributed by atoms with Crippen LogP contribution < -0.4 is 0 Å². The second-order valence-electron chi connectivity index (χ2n) is 3.95. The highest BCUT2D eigenvalue weighted by Crippen LogP contribution is 2.18. The van der Waals surface area contributed by atoms with Crippen LogP contribution in [0.2, 0.25) is 0 Å². The Morgan fingerprint density at radius 1 is 1.38 bits per heavy atom. The van der Waals surface area contributed by atoms with Gasteiger partial charge in [-0.25, -0.2) is 0 Å². The first-order chi connectivity index (χ1) is 9.89. The summed E-state index contributed by atoms with van der Waals surface area (Å²) in [7, 11) is 0. The standard InChI is InChI=1S/C13H13F3N2O3/c14-13(15,16)9-18(5-7-20)12(21)11-3-4-17-8-10(11)2-1-6-19/h3-4,8,19-20H,5-7,9H2. The Bertz CT molecular complexity index is 550. The number of carbonyl (C=O) groups excluding carboxylic acids is 1. The Balaban J connectivity index is 3.09. The lowest BCUT2D eigenvalue weighted by atomic mass is 10.1. The van der Waals surface area contributed by atoms with Crippen molar-refractivity contribution in [2.75, 3.05) is 26.3 Å². The van der Waals surface area contributed by atoms with E-state index < -0.39 is 38.4 Å². The molecule has 21 heavy (non-hydrogen) atoms. The van der Waals surface area contributed by atoms with Gasteiger partial charge in [0.1, 0.15) is 13.2 Å². The van der Waals surface area contributed by atoms with E-state index in [1.807, 2.05) is 0 Å². The van der Waals surface area contributed by atoms with Gasteiger partial charge in [0.15, 0.2) is 0 Å². The summed E-state index contributed by atoms with van der Waals surface area (Å²) in [6.07, 6.45) is -2.10. The van der Waals surface area contributed by atoms with Crippen molar-refractivity contribution in [2.24, 2.45) is 0 Å². The summed E-state index contributed by atoms with van der Waals surface area (Å²) >= 11 is 0. The number of hydrogen-bond donors (Lipinski definition) is 2. The first-order valence-electron chi connectivity index (χ1n) is 5.89. The largest absolute Gasteiger partial charge is 0.406 e. The Hall–Kier alpha value is -2.11. The minimum atomic E-state index is -4.57. The number of nitrogens with zero attached hydrogens (tertiary/aromatic N) is 2. The SMILES string of the molecule is O=C(c1ccncc1C#CCO)N(CCO)CC(F)(F)F. The van der Waals surface area contributed by atoms with Crippen molar-refractivity contribution in [1.29, 1.82) is 0 Å². The molecule has 1 amide bonds. The lowest BCUT2D eigenvalue weighted by molar-refractivity contribution is -0.141. The van der Waals surface area contributed by atoms with Gasteiger partial charge in [-0.15, -0.1) is 0 Å². The second kappa shape index (κ2) is 7.61. The lowest BCUT2D eigenvalue weighted by Gasteiger charge is -2.23. The van der Waals surface area contributed by atoms with Gasteiger partial charge in [0.2, 0.25) is 0 Å². The Morgan fingerprint density at radius 3 is 2.67 bits per heavy atom. The molecule has 1 rings (SSSR count). The van der Waals surface area contributed by atoms with E-state index in [0.29, 0.717) is 4.90 Å². The van der Waals surface area contributed by atoms with Crippen molar-refractivity contribution < 1.29 is 28.2 Å². The number of halogens is 3. The van der Waals surface area contributed by atoms with Gasteiger partial charge in [-0.3, -0.25) is 9.78 Å². The van der Waals surface area contributed by atoms with E-state index >= 15 is 0 Å². The summed E-state index contributed by atoms with van der Waals surface area (Å²) in [4.78, 5) is 16.4. The summed E-state index contributed by atoms with van der Waals surface area (Å²) in [5, 5.41) is 17.4. The molecule has 0 aliphatic heterocycles. The zero-order chi connectivity index (χ0) is 15.9. The van der Waals surface area contributed by atoms with Crippen LogP contribution in [0, 0.1) is 11.8 Å². The summed E-state index contributed by atoms with van der Waals surface area (Å²) in [6.45, 7) is -2.97. The molecule has 5 nitrogen and oxygen atoms in total. The maximum absolute atomic E-state index is 12.5. The van der Waals surface area contributed by atoms with Crippen molar-refractivity contribution in [2.45, 2.75) is 6.18 Å². The van der Waals surface area contributed by atoms with E-state index in [0.717, 1.165) is 0 Å². The van der Waals surface area contributed by atoms with Crippen molar-refractivity contribution >= 4 is 5.91 Å². The fourth-order valence-electron chi connectivity index (χ4n) is 1.58. The topological polar surface area (TPSA) is 73.7 Å². The zero-order valence-corrected chi connectivity index (χ0v) is 10.9. The smallest absolute Gasteiger partial charge is 0.395 e. The molecule has 0 radical (unpaired) electrons. The van der Waals surface area contributed by atoms with E-state index in [1.54, 1.807) is 0 Å². The van der Waals surface area contributed by atoms with Crippen LogP contribution in [0.15, 0.2) is 18.5 Å². The quantitative estimate of drug-likeness (QED) is 0.791. The van der Waals surface area contributed by atoms with Crippen LogP contribution in [0.5, 0.6) is 0 Å². The van der Waals surface area contributed by atoms with E-state index in [2.05, 4.69) is 16.8 Å². The molecule has 0 atom stereocenters. The molecule has 2 N–H and O–H groups in total. The number of aliphatic hydroxyl groups excluding tert-OH is 2. The van der Waals surface area contributed by atoms with Gasteiger partial charge in [0.25, 0.3) is 5.91 Å². The van der Waals surface area contributed by atoms with E-state index in [9.17, 15) is 18.0 Å². The highest BCUT2D eigenvalue weighted by atomic mass is 19.4. The number of alkyl halides is 3. The van der Waals surface area contributed by atoms with Gasteiger partial charge < -0.3 is 15.1 Å². The van der Waals surface area contributed by atoms with Crippen LogP contribution in [0.3, 0.4) is 0 Å². The average molecular weight is 302 g/mol. The molecule has 1 aromatic heterocycles. The van der Waals surface area contributed by atoms with Crippen LogP contribution in [0.1, 0.15) is 15.9 Å². The number of carbonyl (C=O) groups is 1. The molecule has 0 fully saturated rings. The molecule has 1 heterocycles. The lowest BCUT2D eigenvalue weighted by Crippen LogP contribution is -2.41. The third kappa shape index (κ3) is 5.41. The molecule has 0 unspecified atom stereocenters. The van der Waals surface area contributed by atoms with Crippen molar-refractivity contribution in [3.63, 3.8) is 0 Å². The Labute approximate surface area is 119 Å². The Morgan fingerprint density at radius 2 is 2.10 bits per heavy atom. The first-order valence-corrected chi connectivity index (χ1v) is 5.89. The first kappa shape index (κ1) is 16.9. The molecule has 0 aromatic carbocycles. The molecule has 114 valence electrons. The zero-order valence-electron chi connectivity index (χ0n) is 10.9. The summed E-state index contributed by atoms with van der Waals surface area (Å²) < 4.78 is 37.4. The van der Waals surface area contributed by atoms with Crippen LogP contribution in [0.25, 0.3) is 0 Å². The summed E-state index contributed by atoms with van der Waals surface area (Å²) in [5.74, 6) is 3.84. The maximum atomic E-state index is 12.5. The number of amides is 1. The molecule has 0 spiro atoms. The van der Waals surface area contributed by atoms with Gasteiger partial charge in [0.05, 0.1) is 17.7 Å². The van der Waals surface area contributed by atoms with Crippen molar-refractivity contribution in [3.8, 4) is 11.8 Å². The van der Waals surface area contributed by atoms with Gasteiger partial charge in [-0.1, -0.05) is 11.8 Å². The van der Waals surface area contributed by atoms with Gasteiger partial charge in [-0.05, 0) is 6.07 Å². The maximum Gasteiger partial charge on any atom is 0.406 e. The number of aliphatic hydroxyl groups is 2. The fourth-order valence-corrected chi connectivity index (χ4v) is 1.58. The Kier molecular flexibility index (Phi) is 6.14. The predicted octanol–water partition coefficient (Wildman–Crippen LogP) is 0.422. The highest BCUT2D eigenvalue weighted by Gasteiger charge is 2.33. The average Bonchev–Trinajstić information content (AvgIpc) is 2.43. The third-order valence-corrected chi connectivity index (χ3v) is 2.38. The predicted molar refractivity (Wildman–Crippen MR) is 67.2 cm³/mol. The van der Waals surface area contributed by atoms with E-state index in [4.69, 9.17) is 10.2 Å². The van der Waals surface area contributed by atoms with Gasteiger partial charge in [-0.2, -0.15) is 13.2 Å². The fraction of sp³-hybridized carbons (Fsp3) is 0.385. The van der Waals surface area contributed by atoms with E-state index in [-0.39, 0.29) is 11.1 Å². The van der Waals surface area contributed by atoms with Gasteiger partial charge >= 0.3 is 6.18 Å². The molecule has 8 heteroatoms. The molecular weight excluding hydrogens is 289 g/mol. The van der Waals surface area contributed by atoms with E-state index in [1.165, 1.54) is 18.5 Å². The molecule has 1 aromatic rings. The third-order valence-electron chi connectivity index (χ3n) is 2.38. The normalized spacial score (nSPS) is 10.7. The van der Waals surface area contributed by atoms with Crippen molar-refractivity contribution in [1.82, 2.24) is 9.88 Å². The minimum absolute atomic E-state index is 0.0661. The van der Waals surface area contributed by atoms with Crippen LogP contribution >= 0.6 is 0 Å². The molecule has 0 saturated heterocycles. The molecule has 0 bridgehead atoms. The van der Waals surface area contributed by atoms with Gasteiger partial charge in [0, 0.05) is 18.9 Å². The second-order valence-corrected chi connectivity index (χ2v) is 3.95. The highest BCUT2D eigenvalue weighted by molar-refractivity contribution is 5.96. The summed E-state index contributed by atoms with van der Waals surface area (Å²) in [5.41, 5.74) is 0.0466. The number of hydrogen-bond acceptors (Lipinski definition) is 4. The molecular formula is C13H13F3N2O3. The monoisotopic (exact) mass is 302 g/mol. The molecule has 0 aliphatic rings. The van der Waals surface area contributed by atoms with Crippen molar-refractivity contribution in [3.05, 3.63) is 29.6 Å². The van der Waals surface area contributed by atoms with Crippen LogP contribution in [0.4, 0.5) is 13.2 Å². The summed E-state index contributed by atoms with van der Waals surface area (Å²) in [6, 6.07) is 1.24. The molecule has 0 aliphatic carbocycles. The number of aromatic nitrogens is 1. The van der Waals surface area contributed by atoms with Crippen LogP contribution in [-0.4, -0.2) is 58.5 Å². The number of rotatable bonds is 4.